The lowest BCUT2D eigenvalue weighted by Crippen LogP contribution is -2.25. The van der Waals surface area contributed by atoms with Gasteiger partial charge in [-0.2, -0.15) is 13.2 Å². The summed E-state index contributed by atoms with van der Waals surface area (Å²) in [5, 5.41) is 19.9. The first-order chi connectivity index (χ1) is 9.85. The molecule has 0 aliphatic heterocycles. The first kappa shape index (κ1) is 17.7. The van der Waals surface area contributed by atoms with E-state index in [9.17, 15) is 33.2 Å². The average molecular weight is 317 g/mol. The monoisotopic (exact) mass is 317 g/mol. The maximum atomic E-state index is 13.4. The number of rotatable bonds is 3. The molecule has 8 heteroatoms. The van der Waals surface area contributed by atoms with Crippen molar-refractivity contribution in [2.45, 2.75) is 26.9 Å². The molecule has 0 atom stereocenters. The first-order valence-corrected chi connectivity index (χ1v) is 6.15. The fraction of sp³-hybridized carbons (Fsp3) is 0.357. The highest BCUT2D eigenvalue weighted by Gasteiger charge is 2.42. The highest BCUT2D eigenvalue weighted by Crippen LogP contribution is 2.42. The van der Waals surface area contributed by atoms with Crippen LogP contribution in [-0.2, 0) is 4.79 Å². The summed E-state index contributed by atoms with van der Waals surface area (Å²) in [4.78, 5) is 21.2. The number of nitro groups is 1. The van der Waals surface area contributed by atoms with Crippen LogP contribution >= 0.6 is 0 Å². The van der Waals surface area contributed by atoms with Gasteiger partial charge < -0.3 is 5.11 Å². The molecule has 0 saturated heterocycles. The van der Waals surface area contributed by atoms with Crippen molar-refractivity contribution in [2.75, 3.05) is 0 Å². The molecule has 1 aromatic rings. The van der Waals surface area contributed by atoms with E-state index in [2.05, 4.69) is 0 Å². The summed E-state index contributed by atoms with van der Waals surface area (Å²) < 4.78 is 40.2. The minimum atomic E-state index is -4.96. The number of benzene rings is 1. The van der Waals surface area contributed by atoms with Crippen LogP contribution in [0.1, 0.15) is 26.3 Å². The van der Waals surface area contributed by atoms with E-state index in [-0.39, 0.29) is 0 Å². The zero-order chi connectivity index (χ0) is 17.3. The number of allylic oxidation sites excluding steroid dienone is 1. The standard InChI is InChI=1S/C14H14F3NO4/c1-13(2,3)11(12(19)20)10(14(15,16)17)8-5-4-6-9(7-8)18(21)22/h4-7H,1-3H3,(H,19,20)/b11-10+. The summed E-state index contributed by atoms with van der Waals surface area (Å²) in [6, 6.07) is 3.85. The van der Waals surface area contributed by atoms with Crippen molar-refractivity contribution in [3.05, 3.63) is 45.5 Å². The Kier molecular flexibility index (Phi) is 4.64. The quantitative estimate of drug-likeness (QED) is 0.518. The SMILES string of the molecule is CC(C)(C)/C(C(=O)O)=C(\c1cccc([N+](=O)[O-])c1)C(F)(F)F. The van der Waals surface area contributed by atoms with Gasteiger partial charge in [-0.15, -0.1) is 0 Å². The Balaban J connectivity index is 3.79. The third-order valence-electron chi connectivity index (χ3n) is 2.84. The molecule has 0 spiro atoms. The van der Waals surface area contributed by atoms with Crippen molar-refractivity contribution in [3.63, 3.8) is 0 Å². The third kappa shape index (κ3) is 3.84. The lowest BCUT2D eigenvalue weighted by Gasteiger charge is -2.25. The second-order valence-electron chi connectivity index (χ2n) is 5.61. The molecule has 22 heavy (non-hydrogen) atoms. The van der Waals surface area contributed by atoms with E-state index in [1.54, 1.807) is 0 Å². The van der Waals surface area contributed by atoms with Gasteiger partial charge in [0.15, 0.2) is 0 Å². The Labute approximate surface area is 124 Å². The number of nitro benzene ring substituents is 1. The van der Waals surface area contributed by atoms with Crippen LogP contribution in [0.3, 0.4) is 0 Å². The van der Waals surface area contributed by atoms with Crippen molar-refractivity contribution in [2.24, 2.45) is 5.41 Å². The predicted molar refractivity (Wildman–Crippen MR) is 73.2 cm³/mol. The van der Waals surface area contributed by atoms with E-state index >= 15 is 0 Å². The minimum Gasteiger partial charge on any atom is -0.478 e. The molecule has 1 rings (SSSR count). The predicted octanol–water partition coefficient (Wildman–Crippen LogP) is 4.04. The topological polar surface area (TPSA) is 80.4 Å². The zero-order valence-corrected chi connectivity index (χ0v) is 12.1. The number of hydrogen-bond donors (Lipinski definition) is 1. The highest BCUT2D eigenvalue weighted by atomic mass is 19.4. The molecule has 0 amide bonds. The van der Waals surface area contributed by atoms with E-state index < -0.39 is 44.9 Å². The summed E-state index contributed by atoms with van der Waals surface area (Å²) >= 11 is 0. The van der Waals surface area contributed by atoms with E-state index in [0.29, 0.717) is 0 Å². The van der Waals surface area contributed by atoms with E-state index in [1.165, 1.54) is 20.8 Å². The molecule has 1 N–H and O–H groups in total. The Bertz CT molecular complexity index is 642. The minimum absolute atomic E-state index is 0.544. The fourth-order valence-electron chi connectivity index (χ4n) is 2.03. The number of aliphatic carboxylic acids is 1. The first-order valence-electron chi connectivity index (χ1n) is 6.15. The normalized spacial score (nSPS) is 13.5. The van der Waals surface area contributed by atoms with E-state index in [4.69, 9.17) is 0 Å². The number of carboxylic acid groups (broad SMARTS) is 1. The maximum absolute atomic E-state index is 13.4. The van der Waals surface area contributed by atoms with Gasteiger partial charge in [0.25, 0.3) is 5.69 Å². The summed E-state index contributed by atoms with van der Waals surface area (Å²) in [6.45, 7) is 4.00. The molecule has 0 radical (unpaired) electrons. The third-order valence-corrected chi connectivity index (χ3v) is 2.84. The molecule has 0 bridgehead atoms. The van der Waals surface area contributed by atoms with Crippen LogP contribution in [0.2, 0.25) is 0 Å². The molecule has 120 valence electrons. The van der Waals surface area contributed by atoms with Crippen LogP contribution in [0.4, 0.5) is 18.9 Å². The molecule has 5 nitrogen and oxygen atoms in total. The second kappa shape index (κ2) is 5.78. The van der Waals surface area contributed by atoms with Gasteiger partial charge in [-0.25, -0.2) is 4.79 Å². The van der Waals surface area contributed by atoms with Gasteiger partial charge in [0, 0.05) is 12.1 Å². The van der Waals surface area contributed by atoms with Crippen molar-refractivity contribution in [3.8, 4) is 0 Å². The number of hydrogen-bond acceptors (Lipinski definition) is 3. The highest BCUT2D eigenvalue weighted by molar-refractivity contribution is 5.99. The molecular weight excluding hydrogens is 303 g/mol. The molecule has 0 aromatic heterocycles. The van der Waals surface area contributed by atoms with Crippen molar-refractivity contribution in [1.29, 1.82) is 0 Å². The summed E-state index contributed by atoms with van der Waals surface area (Å²) in [5.41, 5.74) is -4.62. The fourth-order valence-corrected chi connectivity index (χ4v) is 2.03. The van der Waals surface area contributed by atoms with E-state index in [1.807, 2.05) is 0 Å². The van der Waals surface area contributed by atoms with Gasteiger partial charge in [0.1, 0.15) is 0 Å². The molecule has 0 heterocycles. The summed E-state index contributed by atoms with van der Waals surface area (Å²) in [7, 11) is 0. The molecule has 0 fully saturated rings. The number of alkyl halides is 3. The van der Waals surface area contributed by atoms with Crippen LogP contribution in [0.15, 0.2) is 29.8 Å². The Morgan fingerprint density at radius 2 is 1.77 bits per heavy atom. The molecule has 0 aliphatic rings. The summed E-state index contributed by atoms with van der Waals surface area (Å²) in [6.07, 6.45) is -4.96. The lowest BCUT2D eigenvalue weighted by molar-refractivity contribution is -0.384. The molecular formula is C14H14F3NO4. The number of halogens is 3. The Morgan fingerprint density at radius 1 is 1.23 bits per heavy atom. The van der Waals surface area contributed by atoms with E-state index in [0.717, 1.165) is 24.3 Å². The van der Waals surface area contributed by atoms with Crippen LogP contribution in [0, 0.1) is 15.5 Å². The van der Waals surface area contributed by atoms with Crippen LogP contribution in [0.25, 0.3) is 5.57 Å². The Morgan fingerprint density at radius 3 is 2.14 bits per heavy atom. The lowest BCUT2D eigenvalue weighted by atomic mass is 9.81. The number of carboxylic acids is 1. The number of carbonyl (C=O) groups is 1. The van der Waals surface area contributed by atoms with Crippen LogP contribution in [0.5, 0.6) is 0 Å². The zero-order valence-electron chi connectivity index (χ0n) is 12.1. The van der Waals surface area contributed by atoms with Gasteiger partial charge >= 0.3 is 12.1 Å². The molecule has 0 saturated carbocycles. The average Bonchev–Trinajstić information content (AvgIpc) is 2.32. The van der Waals surface area contributed by atoms with Crippen molar-refractivity contribution in [1.82, 2.24) is 0 Å². The second-order valence-corrected chi connectivity index (χ2v) is 5.61. The van der Waals surface area contributed by atoms with Gasteiger partial charge in [-0.1, -0.05) is 32.9 Å². The maximum Gasteiger partial charge on any atom is 0.417 e. The molecule has 0 unspecified atom stereocenters. The van der Waals surface area contributed by atoms with Crippen molar-refractivity contribution < 1.29 is 28.0 Å². The smallest absolute Gasteiger partial charge is 0.417 e. The van der Waals surface area contributed by atoms with Gasteiger partial charge in [-0.05, 0) is 11.0 Å². The van der Waals surface area contributed by atoms with Gasteiger partial charge in [0.2, 0.25) is 0 Å². The molecule has 0 aliphatic carbocycles. The van der Waals surface area contributed by atoms with Gasteiger partial charge in [0.05, 0.1) is 16.1 Å². The Hall–Kier alpha value is -2.38. The number of nitrogens with zero attached hydrogens (tertiary/aromatic N) is 1. The largest absolute Gasteiger partial charge is 0.478 e. The molecule has 1 aromatic carbocycles. The van der Waals surface area contributed by atoms with Crippen LogP contribution < -0.4 is 0 Å². The van der Waals surface area contributed by atoms with Crippen LogP contribution in [-0.4, -0.2) is 22.2 Å². The van der Waals surface area contributed by atoms with Crippen molar-refractivity contribution >= 4 is 17.2 Å². The van der Waals surface area contributed by atoms with Gasteiger partial charge in [-0.3, -0.25) is 10.1 Å². The number of non-ortho nitro benzene ring substituents is 1. The summed E-state index contributed by atoms with van der Waals surface area (Å²) in [5.74, 6) is -1.72.